The third kappa shape index (κ3) is 2.23. The van der Waals surface area contributed by atoms with Gasteiger partial charge in [-0.1, -0.05) is 0 Å². The van der Waals surface area contributed by atoms with E-state index in [1.165, 1.54) is 0 Å². The van der Waals surface area contributed by atoms with Gasteiger partial charge in [0.25, 0.3) is 0 Å². The highest BCUT2D eigenvalue weighted by Crippen LogP contribution is 2.25. The van der Waals surface area contributed by atoms with Crippen molar-refractivity contribution in [2.45, 2.75) is 18.8 Å². The summed E-state index contributed by atoms with van der Waals surface area (Å²) in [6.07, 6.45) is 1.95. The molecule has 15 heavy (non-hydrogen) atoms. The highest BCUT2D eigenvalue weighted by Gasteiger charge is 2.28. The van der Waals surface area contributed by atoms with E-state index in [9.17, 15) is 13.2 Å². The molecule has 7 heteroatoms. The van der Waals surface area contributed by atoms with E-state index in [4.69, 9.17) is 0 Å². The molecule has 1 unspecified atom stereocenters. The lowest BCUT2D eigenvalue weighted by atomic mass is 10.1. The van der Waals surface area contributed by atoms with Crippen LogP contribution in [0.5, 0.6) is 0 Å². The summed E-state index contributed by atoms with van der Waals surface area (Å²) in [5.74, 6) is 0.775. The Kier molecular flexibility index (Phi) is 2.56. The SMILES string of the molecule is O=Cc1n[nH]c(C2CCCS(=O)(=O)C2)n1. The van der Waals surface area contributed by atoms with Crippen LogP contribution in [0.1, 0.15) is 35.2 Å². The smallest absolute Gasteiger partial charge is 0.214 e. The number of aromatic nitrogens is 3. The van der Waals surface area contributed by atoms with Gasteiger partial charge < -0.3 is 0 Å². The Balaban J connectivity index is 2.20. The molecule has 0 bridgehead atoms. The Bertz CT molecular complexity index is 465. The van der Waals surface area contributed by atoms with Gasteiger partial charge in [-0.3, -0.25) is 9.89 Å². The zero-order chi connectivity index (χ0) is 10.9. The van der Waals surface area contributed by atoms with Gasteiger partial charge in [-0.15, -0.1) is 0 Å². The van der Waals surface area contributed by atoms with E-state index in [0.717, 1.165) is 6.42 Å². The predicted molar refractivity (Wildman–Crippen MR) is 52.4 cm³/mol. The van der Waals surface area contributed by atoms with Crippen LogP contribution in [0.15, 0.2) is 0 Å². The summed E-state index contributed by atoms with van der Waals surface area (Å²) in [5.41, 5.74) is 0. The Labute approximate surface area is 87.0 Å². The van der Waals surface area contributed by atoms with Crippen LogP contribution in [0.4, 0.5) is 0 Å². The monoisotopic (exact) mass is 229 g/mol. The van der Waals surface area contributed by atoms with Gasteiger partial charge >= 0.3 is 0 Å². The maximum atomic E-state index is 11.4. The minimum Gasteiger partial charge on any atom is -0.294 e. The topological polar surface area (TPSA) is 92.8 Å². The fourth-order valence-electron chi connectivity index (χ4n) is 1.76. The first-order valence-electron chi connectivity index (χ1n) is 4.68. The fourth-order valence-corrected chi connectivity index (χ4v) is 3.47. The molecule has 1 aliphatic rings. The van der Waals surface area contributed by atoms with E-state index < -0.39 is 9.84 Å². The molecule has 1 aromatic heterocycles. The van der Waals surface area contributed by atoms with Gasteiger partial charge in [0.1, 0.15) is 5.82 Å². The highest BCUT2D eigenvalue weighted by molar-refractivity contribution is 7.91. The van der Waals surface area contributed by atoms with Crippen LogP contribution in [0, 0.1) is 0 Å². The van der Waals surface area contributed by atoms with Crippen molar-refractivity contribution in [1.29, 1.82) is 0 Å². The lowest BCUT2D eigenvalue weighted by Gasteiger charge is -2.19. The van der Waals surface area contributed by atoms with E-state index in [-0.39, 0.29) is 23.2 Å². The van der Waals surface area contributed by atoms with Crippen molar-refractivity contribution < 1.29 is 13.2 Å². The first kappa shape index (κ1) is 10.3. The Morgan fingerprint density at radius 2 is 2.27 bits per heavy atom. The molecule has 0 aromatic carbocycles. The minimum absolute atomic E-state index is 0.0768. The van der Waals surface area contributed by atoms with Gasteiger partial charge in [0.05, 0.1) is 11.5 Å². The van der Waals surface area contributed by atoms with Crippen LogP contribution in [-0.4, -0.2) is 41.4 Å². The molecule has 1 saturated heterocycles. The summed E-state index contributed by atoms with van der Waals surface area (Å²) in [7, 11) is -2.95. The lowest BCUT2D eigenvalue weighted by Crippen LogP contribution is -2.24. The first-order valence-corrected chi connectivity index (χ1v) is 6.51. The van der Waals surface area contributed by atoms with Gasteiger partial charge in [-0.2, -0.15) is 5.10 Å². The number of nitrogens with zero attached hydrogens (tertiary/aromatic N) is 2. The number of H-pyrrole nitrogens is 1. The second-order valence-electron chi connectivity index (χ2n) is 3.65. The molecule has 6 nitrogen and oxygen atoms in total. The molecule has 1 aromatic rings. The summed E-state index contributed by atoms with van der Waals surface area (Å²) in [5, 5.41) is 6.27. The number of nitrogens with one attached hydrogen (secondary N) is 1. The molecule has 82 valence electrons. The maximum Gasteiger partial charge on any atom is 0.214 e. The average molecular weight is 229 g/mol. The molecule has 1 aliphatic heterocycles. The van der Waals surface area contributed by atoms with Crippen molar-refractivity contribution in [2.24, 2.45) is 0 Å². The Morgan fingerprint density at radius 1 is 1.47 bits per heavy atom. The predicted octanol–water partition coefficient (Wildman–Crippen LogP) is -0.0906. The van der Waals surface area contributed by atoms with E-state index in [1.807, 2.05) is 0 Å². The zero-order valence-electron chi connectivity index (χ0n) is 8.01. The van der Waals surface area contributed by atoms with Gasteiger partial charge in [-0.05, 0) is 12.8 Å². The van der Waals surface area contributed by atoms with Crippen molar-refractivity contribution >= 4 is 16.1 Å². The molecule has 0 saturated carbocycles. The molecule has 2 rings (SSSR count). The van der Waals surface area contributed by atoms with Crippen LogP contribution in [0.2, 0.25) is 0 Å². The molecule has 0 spiro atoms. The Morgan fingerprint density at radius 3 is 2.87 bits per heavy atom. The van der Waals surface area contributed by atoms with Crippen molar-refractivity contribution in [3.8, 4) is 0 Å². The molecular weight excluding hydrogens is 218 g/mol. The van der Waals surface area contributed by atoms with Crippen LogP contribution in [0.3, 0.4) is 0 Å². The third-order valence-corrected chi connectivity index (χ3v) is 4.30. The average Bonchev–Trinajstić information content (AvgIpc) is 2.64. The number of hydrogen-bond donors (Lipinski definition) is 1. The summed E-state index contributed by atoms with van der Waals surface area (Å²) in [6, 6.07) is 0. The lowest BCUT2D eigenvalue weighted by molar-refractivity contribution is 0.111. The number of sulfone groups is 1. The number of hydrogen-bond acceptors (Lipinski definition) is 5. The number of carbonyl (C=O) groups excluding carboxylic acids is 1. The van der Waals surface area contributed by atoms with Crippen LogP contribution >= 0.6 is 0 Å². The van der Waals surface area contributed by atoms with Gasteiger partial charge in [0.15, 0.2) is 16.1 Å². The van der Waals surface area contributed by atoms with E-state index >= 15 is 0 Å². The van der Waals surface area contributed by atoms with Crippen LogP contribution in [0.25, 0.3) is 0 Å². The summed E-state index contributed by atoms with van der Waals surface area (Å²) in [4.78, 5) is 14.3. The summed E-state index contributed by atoms with van der Waals surface area (Å²) >= 11 is 0. The summed E-state index contributed by atoms with van der Waals surface area (Å²) < 4.78 is 22.8. The number of rotatable bonds is 2. The van der Waals surface area contributed by atoms with Crippen molar-refractivity contribution in [1.82, 2.24) is 15.2 Å². The summed E-state index contributed by atoms with van der Waals surface area (Å²) in [6.45, 7) is 0. The van der Waals surface area contributed by atoms with E-state index in [1.54, 1.807) is 0 Å². The molecule has 1 N–H and O–H groups in total. The number of carbonyl (C=O) groups is 1. The first-order chi connectivity index (χ1) is 7.11. The standard InChI is InChI=1S/C8H11N3O3S/c12-4-7-9-8(11-10-7)6-2-1-3-15(13,14)5-6/h4,6H,1-3,5H2,(H,9,10,11). The zero-order valence-corrected chi connectivity index (χ0v) is 8.83. The quantitative estimate of drug-likeness (QED) is 0.715. The molecule has 1 fully saturated rings. The number of aromatic amines is 1. The molecule has 0 radical (unpaired) electrons. The Hall–Kier alpha value is -1.24. The highest BCUT2D eigenvalue weighted by atomic mass is 32.2. The van der Waals surface area contributed by atoms with Crippen LogP contribution in [-0.2, 0) is 9.84 Å². The maximum absolute atomic E-state index is 11.4. The van der Waals surface area contributed by atoms with Gasteiger partial charge in [0, 0.05) is 5.92 Å². The van der Waals surface area contributed by atoms with Gasteiger partial charge in [0.2, 0.25) is 5.82 Å². The van der Waals surface area contributed by atoms with Gasteiger partial charge in [-0.25, -0.2) is 13.4 Å². The second kappa shape index (κ2) is 3.73. The van der Waals surface area contributed by atoms with Crippen LogP contribution < -0.4 is 0 Å². The molecule has 2 heterocycles. The van der Waals surface area contributed by atoms with Crippen molar-refractivity contribution in [3.05, 3.63) is 11.6 Å². The van der Waals surface area contributed by atoms with E-state index in [2.05, 4.69) is 15.2 Å². The fraction of sp³-hybridized carbons (Fsp3) is 0.625. The van der Waals surface area contributed by atoms with E-state index in [0.29, 0.717) is 18.5 Å². The molecule has 0 amide bonds. The third-order valence-electron chi connectivity index (χ3n) is 2.48. The van der Waals surface area contributed by atoms with Crippen molar-refractivity contribution in [3.63, 3.8) is 0 Å². The molecule has 1 atom stereocenters. The normalized spacial score (nSPS) is 24.9. The number of aldehydes is 1. The van der Waals surface area contributed by atoms with Crippen molar-refractivity contribution in [2.75, 3.05) is 11.5 Å². The minimum atomic E-state index is -2.95. The molecule has 0 aliphatic carbocycles. The second-order valence-corrected chi connectivity index (χ2v) is 5.88. The molecular formula is C8H11N3O3S. The largest absolute Gasteiger partial charge is 0.294 e.